The van der Waals surface area contributed by atoms with Crippen LogP contribution in [0.3, 0.4) is 0 Å². The molecule has 2 N–H and O–H groups in total. The molecule has 1 aromatic carbocycles. The van der Waals surface area contributed by atoms with Crippen LogP contribution in [-0.2, 0) is 9.53 Å². The molecule has 0 aliphatic heterocycles. The van der Waals surface area contributed by atoms with Gasteiger partial charge in [0.05, 0.1) is 19.2 Å². The lowest BCUT2D eigenvalue weighted by molar-refractivity contribution is -0.120. The molecule has 2 saturated carbocycles. The van der Waals surface area contributed by atoms with Crippen LogP contribution < -0.4 is 10.6 Å². The number of methoxy groups -OCH3 is 1. The third kappa shape index (κ3) is 3.78. The minimum atomic E-state index is -0.360. The molecule has 5 heteroatoms. The van der Waals surface area contributed by atoms with Crippen LogP contribution in [0.25, 0.3) is 0 Å². The lowest BCUT2D eigenvalue weighted by Crippen LogP contribution is -2.41. The van der Waals surface area contributed by atoms with Crippen molar-refractivity contribution in [3.05, 3.63) is 29.8 Å². The van der Waals surface area contributed by atoms with Crippen molar-refractivity contribution >= 4 is 17.6 Å². The fraction of sp³-hybridized carbons (Fsp3) is 0.529. The molecule has 0 bridgehead atoms. The molecule has 2 aliphatic rings. The first-order valence-corrected chi connectivity index (χ1v) is 7.89. The number of hydrogen-bond acceptors (Lipinski definition) is 4. The number of esters is 1. The van der Waals surface area contributed by atoms with Crippen molar-refractivity contribution in [3.8, 4) is 0 Å². The predicted octanol–water partition coefficient (Wildman–Crippen LogP) is 2.19. The van der Waals surface area contributed by atoms with E-state index in [1.54, 1.807) is 24.3 Å². The minimum Gasteiger partial charge on any atom is -0.465 e. The molecule has 0 spiro atoms. The van der Waals surface area contributed by atoms with Crippen LogP contribution in [0.5, 0.6) is 0 Å². The largest absolute Gasteiger partial charge is 0.465 e. The summed E-state index contributed by atoms with van der Waals surface area (Å²) in [6.45, 7) is 0.257. The SMILES string of the molecule is COC(=O)c1ccc(NCC(=O)NC(C2CC2)C2CC2)cc1. The molecule has 3 rings (SSSR count). The summed E-state index contributed by atoms with van der Waals surface area (Å²) < 4.78 is 4.65. The highest BCUT2D eigenvalue weighted by Gasteiger charge is 2.42. The Labute approximate surface area is 130 Å². The highest BCUT2D eigenvalue weighted by atomic mass is 16.5. The van der Waals surface area contributed by atoms with Gasteiger partial charge in [-0.05, 0) is 61.8 Å². The van der Waals surface area contributed by atoms with Crippen LogP contribution in [0.4, 0.5) is 5.69 Å². The standard InChI is InChI=1S/C17H22N2O3/c1-22-17(21)13-6-8-14(9-7-13)18-10-15(20)19-16(11-2-3-11)12-4-5-12/h6-9,11-12,16,18H,2-5,10H2,1H3,(H,19,20). The van der Waals surface area contributed by atoms with Crippen LogP contribution in [0.1, 0.15) is 36.0 Å². The number of ether oxygens (including phenoxy) is 1. The second-order valence-corrected chi connectivity index (χ2v) is 6.19. The molecule has 2 aliphatic carbocycles. The van der Waals surface area contributed by atoms with Crippen molar-refractivity contribution in [1.29, 1.82) is 0 Å². The molecule has 118 valence electrons. The number of nitrogens with one attached hydrogen (secondary N) is 2. The fourth-order valence-corrected chi connectivity index (χ4v) is 2.79. The van der Waals surface area contributed by atoms with Gasteiger partial charge in [0.1, 0.15) is 0 Å². The Morgan fingerprint density at radius 1 is 1.14 bits per heavy atom. The van der Waals surface area contributed by atoms with Gasteiger partial charge in [-0.15, -0.1) is 0 Å². The summed E-state index contributed by atoms with van der Waals surface area (Å²) in [6, 6.07) is 7.31. The van der Waals surface area contributed by atoms with E-state index in [2.05, 4.69) is 15.4 Å². The van der Waals surface area contributed by atoms with Crippen molar-refractivity contribution in [1.82, 2.24) is 5.32 Å². The van der Waals surface area contributed by atoms with Gasteiger partial charge in [0.25, 0.3) is 0 Å². The van der Waals surface area contributed by atoms with Crippen LogP contribution >= 0.6 is 0 Å². The van der Waals surface area contributed by atoms with Crippen molar-refractivity contribution in [2.45, 2.75) is 31.7 Å². The van der Waals surface area contributed by atoms with E-state index in [1.807, 2.05) is 0 Å². The third-order valence-corrected chi connectivity index (χ3v) is 4.35. The van der Waals surface area contributed by atoms with Crippen LogP contribution in [0.15, 0.2) is 24.3 Å². The zero-order valence-corrected chi connectivity index (χ0v) is 12.8. The molecule has 5 nitrogen and oxygen atoms in total. The van der Waals surface area contributed by atoms with Crippen molar-refractivity contribution in [3.63, 3.8) is 0 Å². The van der Waals surface area contributed by atoms with Crippen LogP contribution in [0, 0.1) is 11.8 Å². The number of carbonyl (C=O) groups excluding carboxylic acids is 2. The highest BCUT2D eigenvalue weighted by Crippen LogP contribution is 2.44. The van der Waals surface area contributed by atoms with Crippen LogP contribution in [-0.4, -0.2) is 31.6 Å². The molecule has 22 heavy (non-hydrogen) atoms. The molecule has 1 amide bonds. The molecule has 0 saturated heterocycles. The summed E-state index contributed by atoms with van der Waals surface area (Å²) in [6.07, 6.45) is 5.02. The molecule has 0 heterocycles. The lowest BCUT2D eigenvalue weighted by Gasteiger charge is -2.18. The van der Waals surface area contributed by atoms with E-state index >= 15 is 0 Å². The van der Waals surface area contributed by atoms with E-state index in [4.69, 9.17) is 0 Å². The maximum absolute atomic E-state index is 12.1. The normalized spacial score (nSPS) is 17.2. The maximum Gasteiger partial charge on any atom is 0.337 e. The molecule has 0 aromatic heterocycles. The number of carbonyl (C=O) groups is 2. The molecule has 2 fully saturated rings. The zero-order chi connectivity index (χ0) is 15.5. The summed E-state index contributed by atoms with van der Waals surface area (Å²) in [7, 11) is 1.36. The third-order valence-electron chi connectivity index (χ3n) is 4.35. The van der Waals surface area contributed by atoms with Gasteiger partial charge in [-0.3, -0.25) is 4.79 Å². The van der Waals surface area contributed by atoms with E-state index in [0.29, 0.717) is 23.4 Å². The van der Waals surface area contributed by atoms with Gasteiger partial charge in [0.15, 0.2) is 0 Å². The summed E-state index contributed by atoms with van der Waals surface area (Å²) >= 11 is 0. The van der Waals surface area contributed by atoms with Gasteiger partial charge < -0.3 is 15.4 Å². The summed E-state index contributed by atoms with van der Waals surface area (Å²) in [5.74, 6) is 1.09. The molecular weight excluding hydrogens is 280 g/mol. The Balaban J connectivity index is 1.47. The molecule has 0 unspecified atom stereocenters. The average molecular weight is 302 g/mol. The Bertz CT molecular complexity index is 536. The topological polar surface area (TPSA) is 67.4 Å². The van der Waals surface area contributed by atoms with Crippen molar-refractivity contribution in [2.24, 2.45) is 11.8 Å². The summed E-state index contributed by atoms with van der Waals surface area (Å²) in [5, 5.41) is 6.26. The number of rotatable bonds is 7. The smallest absolute Gasteiger partial charge is 0.337 e. The Morgan fingerprint density at radius 2 is 1.73 bits per heavy atom. The van der Waals surface area contributed by atoms with E-state index in [-0.39, 0.29) is 18.4 Å². The number of anilines is 1. The Hall–Kier alpha value is -2.04. The van der Waals surface area contributed by atoms with E-state index in [9.17, 15) is 9.59 Å². The quantitative estimate of drug-likeness (QED) is 0.758. The molecule has 0 radical (unpaired) electrons. The maximum atomic E-state index is 12.1. The van der Waals surface area contributed by atoms with Gasteiger partial charge in [-0.2, -0.15) is 0 Å². The molecule has 1 aromatic rings. The summed E-state index contributed by atoms with van der Waals surface area (Å²) in [4.78, 5) is 23.4. The van der Waals surface area contributed by atoms with Crippen molar-refractivity contribution in [2.75, 3.05) is 19.0 Å². The van der Waals surface area contributed by atoms with Gasteiger partial charge in [-0.1, -0.05) is 0 Å². The van der Waals surface area contributed by atoms with Gasteiger partial charge >= 0.3 is 5.97 Å². The number of benzene rings is 1. The first-order valence-electron chi connectivity index (χ1n) is 7.89. The second-order valence-electron chi connectivity index (χ2n) is 6.19. The second kappa shape index (κ2) is 6.38. The minimum absolute atomic E-state index is 0.0424. The summed E-state index contributed by atoms with van der Waals surface area (Å²) in [5.41, 5.74) is 1.32. The van der Waals surface area contributed by atoms with Crippen molar-refractivity contribution < 1.29 is 14.3 Å². The number of hydrogen-bond donors (Lipinski definition) is 2. The number of amides is 1. The average Bonchev–Trinajstić information content (AvgIpc) is 3.42. The monoisotopic (exact) mass is 302 g/mol. The first-order chi connectivity index (χ1) is 10.7. The van der Waals surface area contributed by atoms with Gasteiger partial charge in [0.2, 0.25) is 5.91 Å². The predicted molar refractivity (Wildman–Crippen MR) is 83.6 cm³/mol. The Morgan fingerprint density at radius 3 is 2.23 bits per heavy atom. The van der Waals surface area contributed by atoms with E-state index < -0.39 is 0 Å². The molecular formula is C17H22N2O3. The zero-order valence-electron chi connectivity index (χ0n) is 12.8. The first kappa shape index (κ1) is 14.9. The van der Waals surface area contributed by atoms with E-state index in [1.165, 1.54) is 32.8 Å². The van der Waals surface area contributed by atoms with Gasteiger partial charge in [0, 0.05) is 11.7 Å². The Kier molecular flexibility index (Phi) is 4.32. The van der Waals surface area contributed by atoms with Gasteiger partial charge in [-0.25, -0.2) is 4.79 Å². The lowest BCUT2D eigenvalue weighted by atomic mass is 10.1. The highest BCUT2D eigenvalue weighted by molar-refractivity contribution is 5.89. The molecule has 0 atom stereocenters. The van der Waals surface area contributed by atoms with E-state index in [0.717, 1.165) is 5.69 Å². The fourth-order valence-electron chi connectivity index (χ4n) is 2.79. The van der Waals surface area contributed by atoms with Crippen LogP contribution in [0.2, 0.25) is 0 Å².